The Hall–Kier alpha value is -2.74. The van der Waals surface area contributed by atoms with E-state index in [0.717, 1.165) is 17.2 Å². The predicted molar refractivity (Wildman–Crippen MR) is 95.5 cm³/mol. The summed E-state index contributed by atoms with van der Waals surface area (Å²) in [6.07, 6.45) is -4.61. The second-order valence-electron chi connectivity index (χ2n) is 5.90. The van der Waals surface area contributed by atoms with Gasteiger partial charge in [0.15, 0.2) is 0 Å². The van der Waals surface area contributed by atoms with Crippen molar-refractivity contribution in [1.82, 2.24) is 5.32 Å². The molecule has 0 aromatic heterocycles. The summed E-state index contributed by atoms with van der Waals surface area (Å²) in [4.78, 5) is 11.9. The summed E-state index contributed by atoms with van der Waals surface area (Å²) in [5, 5.41) is 13.9. The van der Waals surface area contributed by atoms with Gasteiger partial charge in [-0.25, -0.2) is 0 Å². The molecule has 0 aliphatic heterocycles. The van der Waals surface area contributed by atoms with Crippen molar-refractivity contribution in [3.63, 3.8) is 0 Å². The number of aliphatic hydroxyl groups is 1. The van der Waals surface area contributed by atoms with Crippen LogP contribution in [0.15, 0.2) is 42.5 Å². The zero-order valence-electron chi connectivity index (χ0n) is 14.8. The van der Waals surface area contributed by atoms with Gasteiger partial charge in [0.2, 0.25) is 5.91 Å². The molecule has 1 amide bonds. The molecule has 0 aliphatic rings. The minimum atomic E-state index is -4.61. The molecule has 3 N–H and O–H groups in total. The van der Waals surface area contributed by atoms with Crippen molar-refractivity contribution < 1.29 is 27.8 Å². The highest BCUT2D eigenvalue weighted by molar-refractivity contribution is 5.81. The molecule has 2 rings (SSSR count). The van der Waals surface area contributed by atoms with Crippen LogP contribution >= 0.6 is 0 Å². The van der Waals surface area contributed by atoms with Crippen LogP contribution < -0.4 is 15.4 Å². The maximum Gasteiger partial charge on any atom is 0.418 e. The fourth-order valence-corrected chi connectivity index (χ4v) is 2.43. The zero-order valence-corrected chi connectivity index (χ0v) is 14.8. The number of anilines is 1. The van der Waals surface area contributed by atoms with Crippen molar-refractivity contribution in [1.29, 1.82) is 0 Å². The maximum atomic E-state index is 13.2. The minimum Gasteiger partial charge on any atom is -0.491 e. The molecular formula is C19H21F3N2O3. The summed E-state index contributed by atoms with van der Waals surface area (Å²) >= 11 is 0. The van der Waals surface area contributed by atoms with Crippen LogP contribution in [0.3, 0.4) is 0 Å². The highest BCUT2D eigenvalue weighted by Gasteiger charge is 2.34. The van der Waals surface area contributed by atoms with Crippen molar-refractivity contribution in [2.75, 3.05) is 25.1 Å². The Balaban J connectivity index is 1.98. The first-order valence-corrected chi connectivity index (χ1v) is 8.30. The summed E-state index contributed by atoms with van der Waals surface area (Å²) < 4.78 is 44.7. The molecule has 0 spiro atoms. The summed E-state index contributed by atoms with van der Waals surface area (Å²) in [7, 11) is 0. The zero-order chi connectivity index (χ0) is 19.9. The molecule has 0 saturated heterocycles. The number of aliphatic hydroxyl groups excluding tert-OH is 1. The number of hydrogen-bond donors (Lipinski definition) is 3. The van der Waals surface area contributed by atoms with Gasteiger partial charge < -0.3 is 20.5 Å². The topological polar surface area (TPSA) is 70.6 Å². The Bertz CT molecular complexity index is 779. The Morgan fingerprint density at radius 2 is 1.96 bits per heavy atom. The van der Waals surface area contributed by atoms with E-state index in [1.165, 1.54) is 12.1 Å². The highest BCUT2D eigenvalue weighted by Crippen LogP contribution is 2.37. The summed E-state index contributed by atoms with van der Waals surface area (Å²) in [5.74, 6) is -0.434. The fourth-order valence-electron chi connectivity index (χ4n) is 2.43. The third-order valence-electron chi connectivity index (χ3n) is 3.67. The molecular weight excluding hydrogens is 361 g/mol. The molecule has 5 nitrogen and oxygen atoms in total. The van der Waals surface area contributed by atoms with Crippen LogP contribution in [-0.2, 0) is 17.5 Å². The number of amides is 1. The SMILES string of the molecule is Cc1cccc(CNC(=O)CNc2ccc(OCCO)cc2C(F)(F)F)c1. The van der Waals surface area contributed by atoms with E-state index < -0.39 is 17.6 Å². The van der Waals surface area contributed by atoms with E-state index in [1.807, 2.05) is 31.2 Å². The average Bonchev–Trinajstić information content (AvgIpc) is 2.62. The monoisotopic (exact) mass is 382 g/mol. The lowest BCUT2D eigenvalue weighted by Gasteiger charge is -2.16. The number of hydrogen-bond acceptors (Lipinski definition) is 4. The minimum absolute atomic E-state index is 0.00850. The smallest absolute Gasteiger partial charge is 0.418 e. The van der Waals surface area contributed by atoms with E-state index >= 15 is 0 Å². The number of carbonyl (C=O) groups excluding carboxylic acids is 1. The van der Waals surface area contributed by atoms with Gasteiger partial charge in [-0.15, -0.1) is 0 Å². The largest absolute Gasteiger partial charge is 0.491 e. The lowest BCUT2D eigenvalue weighted by molar-refractivity contribution is -0.137. The molecule has 0 fully saturated rings. The lowest BCUT2D eigenvalue weighted by atomic mass is 10.1. The number of alkyl halides is 3. The molecule has 0 saturated carbocycles. The van der Waals surface area contributed by atoms with Crippen molar-refractivity contribution in [3.05, 3.63) is 59.2 Å². The van der Waals surface area contributed by atoms with Gasteiger partial charge in [0.25, 0.3) is 0 Å². The lowest BCUT2D eigenvalue weighted by Crippen LogP contribution is -2.30. The third kappa shape index (κ3) is 6.49. The standard InChI is InChI=1S/C19H21F3N2O3/c1-13-3-2-4-14(9-13)11-24-18(26)12-23-17-6-5-15(27-8-7-25)10-16(17)19(20,21)22/h2-6,9-10,23,25H,7-8,11-12H2,1H3,(H,24,26). The average molecular weight is 382 g/mol. The number of carbonyl (C=O) groups is 1. The van der Waals surface area contributed by atoms with Crippen LogP contribution in [0.5, 0.6) is 5.75 Å². The number of nitrogens with one attached hydrogen (secondary N) is 2. The Morgan fingerprint density at radius 3 is 2.63 bits per heavy atom. The summed E-state index contributed by atoms with van der Waals surface area (Å²) in [6, 6.07) is 10.9. The van der Waals surface area contributed by atoms with Gasteiger partial charge in [-0.05, 0) is 30.7 Å². The van der Waals surface area contributed by atoms with Crippen molar-refractivity contribution >= 4 is 11.6 Å². The van der Waals surface area contributed by atoms with E-state index in [2.05, 4.69) is 10.6 Å². The van der Waals surface area contributed by atoms with Crippen molar-refractivity contribution in [2.45, 2.75) is 19.6 Å². The normalized spacial score (nSPS) is 11.1. The predicted octanol–water partition coefficient (Wildman–Crippen LogP) is 3.11. The van der Waals surface area contributed by atoms with Crippen molar-refractivity contribution in [3.8, 4) is 5.75 Å². The number of rotatable bonds is 8. The van der Waals surface area contributed by atoms with Crippen LogP contribution in [0, 0.1) is 6.92 Å². The summed E-state index contributed by atoms with van der Waals surface area (Å²) in [5.41, 5.74) is 0.803. The van der Waals surface area contributed by atoms with E-state index in [-0.39, 0.29) is 31.2 Å². The van der Waals surface area contributed by atoms with E-state index in [0.29, 0.717) is 6.54 Å². The van der Waals surface area contributed by atoms with E-state index in [1.54, 1.807) is 0 Å². The highest BCUT2D eigenvalue weighted by atomic mass is 19.4. The van der Waals surface area contributed by atoms with Gasteiger partial charge in [-0.1, -0.05) is 29.8 Å². The van der Waals surface area contributed by atoms with Crippen LogP contribution in [0.2, 0.25) is 0 Å². The number of aryl methyl sites for hydroxylation is 1. The molecule has 0 unspecified atom stereocenters. The van der Waals surface area contributed by atoms with E-state index in [4.69, 9.17) is 9.84 Å². The molecule has 2 aromatic carbocycles. The first-order valence-electron chi connectivity index (χ1n) is 8.30. The number of halogens is 3. The van der Waals surface area contributed by atoms with Gasteiger partial charge in [-0.3, -0.25) is 4.79 Å². The van der Waals surface area contributed by atoms with Gasteiger partial charge in [0, 0.05) is 12.2 Å². The quantitative estimate of drug-likeness (QED) is 0.656. The Labute approximate surface area is 155 Å². The van der Waals surface area contributed by atoms with Crippen LogP contribution in [0.1, 0.15) is 16.7 Å². The first-order chi connectivity index (χ1) is 12.8. The van der Waals surface area contributed by atoms with E-state index in [9.17, 15) is 18.0 Å². The molecule has 0 aliphatic carbocycles. The van der Waals surface area contributed by atoms with Gasteiger partial charge in [0.05, 0.1) is 18.7 Å². The molecule has 0 atom stereocenters. The molecule has 146 valence electrons. The molecule has 0 radical (unpaired) electrons. The molecule has 0 bridgehead atoms. The summed E-state index contributed by atoms with van der Waals surface area (Å²) in [6.45, 7) is 1.52. The number of benzene rings is 2. The molecule has 0 heterocycles. The molecule has 8 heteroatoms. The van der Waals surface area contributed by atoms with Gasteiger partial charge >= 0.3 is 6.18 Å². The molecule has 27 heavy (non-hydrogen) atoms. The van der Waals surface area contributed by atoms with Crippen LogP contribution in [0.4, 0.5) is 18.9 Å². The fraction of sp³-hybridized carbons (Fsp3) is 0.316. The Morgan fingerprint density at radius 1 is 1.19 bits per heavy atom. The van der Waals surface area contributed by atoms with Gasteiger partial charge in [0.1, 0.15) is 12.4 Å². The second-order valence-corrected chi connectivity index (χ2v) is 5.90. The second kappa shape index (κ2) is 9.27. The van der Waals surface area contributed by atoms with Crippen LogP contribution in [0.25, 0.3) is 0 Å². The van der Waals surface area contributed by atoms with Crippen LogP contribution in [-0.4, -0.2) is 30.8 Å². The number of ether oxygens (including phenoxy) is 1. The first kappa shape index (κ1) is 20.6. The van der Waals surface area contributed by atoms with Crippen molar-refractivity contribution in [2.24, 2.45) is 0 Å². The Kier molecular flexibility index (Phi) is 7.06. The maximum absolute atomic E-state index is 13.2. The third-order valence-corrected chi connectivity index (χ3v) is 3.67. The van der Waals surface area contributed by atoms with Gasteiger partial charge in [-0.2, -0.15) is 13.2 Å². The molecule has 2 aromatic rings.